The van der Waals surface area contributed by atoms with Crippen molar-refractivity contribution in [3.05, 3.63) is 29.6 Å². The fourth-order valence-corrected chi connectivity index (χ4v) is 2.50. The Hall–Kier alpha value is -1.69. The number of nitrogens with zero attached hydrogens (tertiary/aromatic N) is 5. The molecule has 0 bridgehead atoms. The van der Waals surface area contributed by atoms with Crippen LogP contribution in [-0.4, -0.2) is 31.1 Å². The minimum atomic E-state index is 0.223. The molecule has 0 spiro atoms. The normalized spacial score (nSPS) is 13.0. The van der Waals surface area contributed by atoms with Crippen LogP contribution in [0.2, 0.25) is 0 Å². The molecule has 1 N–H and O–H groups in total. The van der Waals surface area contributed by atoms with Crippen molar-refractivity contribution >= 4 is 0 Å². The maximum atomic E-state index is 4.43. The van der Waals surface area contributed by atoms with E-state index in [2.05, 4.69) is 48.2 Å². The molecule has 0 saturated heterocycles. The molecule has 2 aromatic heterocycles. The lowest BCUT2D eigenvalue weighted by Gasteiger charge is -2.19. The molecule has 6 nitrogen and oxygen atoms in total. The third kappa shape index (κ3) is 3.50. The first kappa shape index (κ1) is 15.7. The second-order valence-corrected chi connectivity index (χ2v) is 5.73. The van der Waals surface area contributed by atoms with Gasteiger partial charge in [0.1, 0.15) is 12.2 Å². The van der Waals surface area contributed by atoms with Crippen LogP contribution in [-0.2, 0) is 13.5 Å². The molecule has 116 valence electrons. The van der Waals surface area contributed by atoms with E-state index in [0.717, 1.165) is 25.2 Å². The molecule has 6 heteroatoms. The summed E-state index contributed by atoms with van der Waals surface area (Å²) in [6, 6.07) is 0.546. The van der Waals surface area contributed by atoms with Crippen LogP contribution in [0.25, 0.3) is 0 Å². The van der Waals surface area contributed by atoms with Crippen LogP contribution in [0, 0.1) is 6.92 Å². The van der Waals surface area contributed by atoms with Gasteiger partial charge in [0.15, 0.2) is 0 Å². The summed E-state index contributed by atoms with van der Waals surface area (Å²) in [7, 11) is 1.98. The van der Waals surface area contributed by atoms with Crippen LogP contribution < -0.4 is 5.32 Å². The van der Waals surface area contributed by atoms with E-state index in [-0.39, 0.29) is 6.04 Å². The summed E-state index contributed by atoms with van der Waals surface area (Å²) in [5.41, 5.74) is 2.43. The van der Waals surface area contributed by atoms with E-state index >= 15 is 0 Å². The zero-order valence-corrected chi connectivity index (χ0v) is 13.7. The van der Waals surface area contributed by atoms with Gasteiger partial charge < -0.3 is 5.32 Å². The molecule has 2 aromatic rings. The number of nitrogens with one attached hydrogen (secondary N) is 1. The molecule has 1 unspecified atom stereocenters. The molecule has 0 amide bonds. The highest BCUT2D eigenvalue weighted by Gasteiger charge is 2.20. The van der Waals surface area contributed by atoms with E-state index < -0.39 is 0 Å². The Morgan fingerprint density at radius 2 is 2.05 bits per heavy atom. The Morgan fingerprint density at radius 1 is 1.29 bits per heavy atom. The van der Waals surface area contributed by atoms with Crippen molar-refractivity contribution in [2.45, 2.75) is 52.6 Å². The Morgan fingerprint density at radius 3 is 2.62 bits per heavy atom. The van der Waals surface area contributed by atoms with Crippen LogP contribution in [0.5, 0.6) is 0 Å². The summed E-state index contributed by atoms with van der Waals surface area (Å²) in [4.78, 5) is 4.43. The van der Waals surface area contributed by atoms with Gasteiger partial charge in [0.05, 0.1) is 6.20 Å². The molecule has 1 atom stereocenters. The highest BCUT2D eigenvalue weighted by molar-refractivity contribution is 5.21. The van der Waals surface area contributed by atoms with Gasteiger partial charge in [-0.2, -0.15) is 10.2 Å². The lowest BCUT2D eigenvalue weighted by atomic mass is 10.0. The van der Waals surface area contributed by atoms with Gasteiger partial charge in [-0.1, -0.05) is 6.92 Å². The number of rotatable bonds is 7. The molecule has 0 radical (unpaired) electrons. The van der Waals surface area contributed by atoms with E-state index in [0.29, 0.717) is 6.04 Å². The lowest BCUT2D eigenvalue weighted by molar-refractivity contribution is 0.462. The Kier molecular flexibility index (Phi) is 5.12. The Bertz CT molecular complexity index is 568. The monoisotopic (exact) mass is 290 g/mol. The minimum absolute atomic E-state index is 0.223. The fraction of sp³-hybridized carbons (Fsp3) is 0.667. The quantitative estimate of drug-likeness (QED) is 0.849. The topological polar surface area (TPSA) is 60.6 Å². The summed E-state index contributed by atoms with van der Waals surface area (Å²) in [6.07, 6.45) is 5.53. The average molecular weight is 290 g/mol. The Balaban J connectivity index is 2.24. The molecule has 2 heterocycles. The minimum Gasteiger partial charge on any atom is -0.309 e. The van der Waals surface area contributed by atoms with E-state index in [1.165, 1.54) is 11.3 Å². The van der Waals surface area contributed by atoms with Crippen LogP contribution in [0.4, 0.5) is 0 Å². The number of hydrogen-bond donors (Lipinski definition) is 1. The molecule has 21 heavy (non-hydrogen) atoms. The van der Waals surface area contributed by atoms with Gasteiger partial charge in [-0.05, 0) is 33.7 Å². The van der Waals surface area contributed by atoms with Gasteiger partial charge >= 0.3 is 0 Å². The van der Waals surface area contributed by atoms with E-state index in [1.807, 2.05) is 22.6 Å². The van der Waals surface area contributed by atoms with Gasteiger partial charge in [0.25, 0.3) is 0 Å². The molecule has 0 aliphatic rings. The molecule has 0 aliphatic carbocycles. The van der Waals surface area contributed by atoms with Gasteiger partial charge in [-0.15, -0.1) is 0 Å². The lowest BCUT2D eigenvalue weighted by Crippen LogP contribution is -2.26. The van der Waals surface area contributed by atoms with Crippen molar-refractivity contribution in [3.8, 4) is 0 Å². The number of aryl methyl sites for hydroxylation is 1. The van der Waals surface area contributed by atoms with Crippen molar-refractivity contribution in [1.29, 1.82) is 0 Å². The number of aromatic nitrogens is 5. The van der Waals surface area contributed by atoms with Crippen molar-refractivity contribution < 1.29 is 0 Å². The van der Waals surface area contributed by atoms with Gasteiger partial charge in [-0.25, -0.2) is 9.67 Å². The van der Waals surface area contributed by atoms with Crippen LogP contribution in [0.3, 0.4) is 0 Å². The SMILES string of the molecule is CCCNC(Cc1ncnn1C(C)C)c1cnn(C)c1C. The average Bonchev–Trinajstić information content (AvgIpc) is 3.03. The van der Waals surface area contributed by atoms with Crippen molar-refractivity contribution in [2.24, 2.45) is 7.05 Å². The van der Waals surface area contributed by atoms with E-state index in [9.17, 15) is 0 Å². The van der Waals surface area contributed by atoms with Crippen molar-refractivity contribution in [1.82, 2.24) is 29.9 Å². The first-order valence-electron chi connectivity index (χ1n) is 7.64. The largest absolute Gasteiger partial charge is 0.309 e. The third-order valence-electron chi connectivity index (χ3n) is 3.81. The molecule has 0 aliphatic heterocycles. The molecule has 0 aromatic carbocycles. The zero-order valence-electron chi connectivity index (χ0n) is 13.7. The van der Waals surface area contributed by atoms with Gasteiger partial charge in [-0.3, -0.25) is 4.68 Å². The predicted molar refractivity (Wildman–Crippen MR) is 83.1 cm³/mol. The first-order valence-corrected chi connectivity index (χ1v) is 7.64. The summed E-state index contributed by atoms with van der Waals surface area (Å²) >= 11 is 0. The molecular weight excluding hydrogens is 264 g/mol. The molecule has 0 fully saturated rings. The summed E-state index contributed by atoms with van der Waals surface area (Å²) in [5.74, 6) is 1.02. The zero-order chi connectivity index (χ0) is 15.4. The maximum absolute atomic E-state index is 4.43. The fourth-order valence-electron chi connectivity index (χ4n) is 2.50. The van der Waals surface area contributed by atoms with Crippen molar-refractivity contribution in [2.75, 3.05) is 6.54 Å². The second kappa shape index (κ2) is 6.85. The first-order chi connectivity index (χ1) is 10.0. The smallest absolute Gasteiger partial charge is 0.138 e. The van der Waals surface area contributed by atoms with Crippen LogP contribution >= 0.6 is 0 Å². The highest BCUT2D eigenvalue weighted by atomic mass is 15.3. The highest BCUT2D eigenvalue weighted by Crippen LogP contribution is 2.21. The van der Waals surface area contributed by atoms with Gasteiger partial charge in [0, 0.05) is 36.8 Å². The summed E-state index contributed by atoms with van der Waals surface area (Å²) in [6.45, 7) is 9.52. The second-order valence-electron chi connectivity index (χ2n) is 5.73. The standard InChI is InChI=1S/C15H26N6/c1-6-7-16-14(13-9-18-20(5)12(13)4)8-15-17-10-19-21(15)11(2)3/h9-11,14,16H,6-8H2,1-5H3. The molecule has 0 saturated carbocycles. The van der Waals surface area contributed by atoms with E-state index in [1.54, 1.807) is 6.33 Å². The van der Waals surface area contributed by atoms with Crippen molar-refractivity contribution in [3.63, 3.8) is 0 Å². The molecular formula is C15H26N6. The number of hydrogen-bond acceptors (Lipinski definition) is 4. The summed E-state index contributed by atoms with van der Waals surface area (Å²) in [5, 5.41) is 12.3. The summed E-state index contributed by atoms with van der Waals surface area (Å²) < 4.78 is 3.91. The van der Waals surface area contributed by atoms with E-state index in [4.69, 9.17) is 0 Å². The third-order valence-corrected chi connectivity index (χ3v) is 3.81. The van der Waals surface area contributed by atoms with Gasteiger partial charge in [0.2, 0.25) is 0 Å². The maximum Gasteiger partial charge on any atom is 0.138 e. The Labute approximate surface area is 126 Å². The van der Waals surface area contributed by atoms with Crippen LogP contribution in [0.15, 0.2) is 12.5 Å². The molecule has 2 rings (SSSR count). The van der Waals surface area contributed by atoms with Crippen LogP contribution in [0.1, 0.15) is 56.4 Å². The predicted octanol–water partition coefficient (Wildman–Crippen LogP) is 2.18.